The zero-order valence-electron chi connectivity index (χ0n) is 17.5. The first-order valence-corrected chi connectivity index (χ1v) is 10.2. The van der Waals surface area contributed by atoms with Crippen LogP contribution in [-0.2, 0) is 17.9 Å². The van der Waals surface area contributed by atoms with Crippen LogP contribution in [0.1, 0.15) is 23.7 Å². The highest BCUT2D eigenvalue weighted by molar-refractivity contribution is 6.44. The normalized spacial score (nSPS) is 18.4. The molecule has 0 bridgehead atoms. The number of dihydropyridines is 1. The third-order valence-corrected chi connectivity index (χ3v) is 5.71. The summed E-state index contributed by atoms with van der Waals surface area (Å²) in [6, 6.07) is 11.1. The van der Waals surface area contributed by atoms with E-state index in [1.165, 1.54) is 0 Å². The first-order chi connectivity index (χ1) is 15.0. The van der Waals surface area contributed by atoms with Crippen molar-refractivity contribution in [2.45, 2.75) is 26.1 Å². The Kier molecular flexibility index (Phi) is 5.80. The zero-order chi connectivity index (χ0) is 22.0. The maximum absolute atomic E-state index is 12.7. The number of aliphatic imine (C=N–C) groups is 1. The molecule has 0 spiro atoms. The average Bonchev–Trinajstić information content (AvgIpc) is 3.23. The Labute approximate surface area is 180 Å². The monoisotopic (exact) mass is 417 g/mol. The number of alkyl halides is 1. The summed E-state index contributed by atoms with van der Waals surface area (Å²) < 4.78 is 18.0. The lowest BCUT2D eigenvalue weighted by molar-refractivity contribution is -0.111. The molecule has 4 rings (SSSR count). The number of nitrogens with zero attached hydrogens (tertiary/aromatic N) is 2. The number of pyridine rings is 1. The van der Waals surface area contributed by atoms with E-state index in [9.17, 15) is 9.18 Å². The molecule has 2 N–H and O–H groups in total. The van der Waals surface area contributed by atoms with Crippen LogP contribution in [0.3, 0.4) is 0 Å². The molecule has 1 aromatic heterocycles. The number of aromatic nitrogens is 1. The van der Waals surface area contributed by atoms with Gasteiger partial charge in [0.25, 0.3) is 5.91 Å². The smallest absolute Gasteiger partial charge is 0.266 e. The fourth-order valence-corrected chi connectivity index (χ4v) is 4.04. The number of hydrogen-bond donors (Lipinski definition) is 1. The van der Waals surface area contributed by atoms with Gasteiger partial charge in [0.05, 0.1) is 18.8 Å². The van der Waals surface area contributed by atoms with E-state index >= 15 is 0 Å². The molecule has 0 saturated heterocycles. The van der Waals surface area contributed by atoms with Crippen molar-refractivity contribution in [1.82, 2.24) is 4.98 Å². The van der Waals surface area contributed by atoms with Crippen molar-refractivity contribution in [2.75, 3.05) is 7.11 Å². The van der Waals surface area contributed by atoms with E-state index in [2.05, 4.69) is 29.1 Å². The van der Waals surface area contributed by atoms with Crippen LogP contribution in [0.4, 0.5) is 4.39 Å². The molecule has 1 aromatic carbocycles. The molecule has 2 aromatic rings. The van der Waals surface area contributed by atoms with Crippen molar-refractivity contribution in [3.63, 3.8) is 0 Å². The van der Waals surface area contributed by atoms with E-state index in [0.717, 1.165) is 40.0 Å². The third kappa shape index (κ3) is 4.19. The second-order valence-electron chi connectivity index (χ2n) is 7.75. The second kappa shape index (κ2) is 8.68. The van der Waals surface area contributed by atoms with Crippen LogP contribution >= 0.6 is 0 Å². The fourth-order valence-electron chi connectivity index (χ4n) is 4.04. The lowest BCUT2D eigenvalue weighted by Gasteiger charge is -2.26. The number of nitrogens with two attached hydrogens (primary N) is 1. The number of methoxy groups -OCH3 is 1. The van der Waals surface area contributed by atoms with Gasteiger partial charge in [0.2, 0.25) is 0 Å². The van der Waals surface area contributed by atoms with Gasteiger partial charge in [-0.15, -0.1) is 0 Å². The third-order valence-electron chi connectivity index (χ3n) is 5.71. The highest BCUT2D eigenvalue weighted by atomic mass is 19.1. The SMILES string of the molecule is COc1ccc(C2=CC(C(N)=O)=NC3C2=CC=C3C(C)Cc2ccc(CF)nc2)cc1. The number of benzene rings is 1. The molecule has 6 heteroatoms. The zero-order valence-corrected chi connectivity index (χ0v) is 17.5. The highest BCUT2D eigenvalue weighted by Gasteiger charge is 2.32. The largest absolute Gasteiger partial charge is 0.497 e. The van der Waals surface area contributed by atoms with E-state index in [1.807, 2.05) is 30.3 Å². The Bertz CT molecular complexity index is 1110. The number of hydrogen-bond acceptors (Lipinski definition) is 4. The molecule has 2 aliphatic rings. The van der Waals surface area contributed by atoms with Crippen molar-refractivity contribution < 1.29 is 13.9 Å². The molecule has 1 aliphatic heterocycles. The van der Waals surface area contributed by atoms with Crippen molar-refractivity contribution >= 4 is 17.2 Å². The molecule has 158 valence electrons. The Morgan fingerprint density at radius 3 is 2.58 bits per heavy atom. The summed E-state index contributed by atoms with van der Waals surface area (Å²) in [7, 11) is 1.63. The molecule has 2 heterocycles. The Balaban J connectivity index is 1.60. The highest BCUT2D eigenvalue weighted by Crippen LogP contribution is 2.40. The molecule has 0 radical (unpaired) electrons. The summed E-state index contributed by atoms with van der Waals surface area (Å²) in [6.45, 7) is 1.55. The minimum absolute atomic E-state index is 0.157. The Morgan fingerprint density at radius 1 is 1.19 bits per heavy atom. The molecular formula is C25H24FN3O2. The molecule has 2 unspecified atom stereocenters. The number of allylic oxidation sites excluding steroid dienone is 2. The van der Waals surface area contributed by atoms with Crippen LogP contribution in [0.15, 0.2) is 77.0 Å². The first-order valence-electron chi connectivity index (χ1n) is 10.2. The minimum atomic E-state index is -0.568. The van der Waals surface area contributed by atoms with E-state index < -0.39 is 12.6 Å². The Hall–Kier alpha value is -3.54. The van der Waals surface area contributed by atoms with Crippen molar-refractivity contribution in [3.8, 4) is 5.75 Å². The molecule has 31 heavy (non-hydrogen) atoms. The standard InChI is InChI=1S/C25H24FN3O2/c1-15(11-16-3-6-18(13-26)28-14-16)20-9-10-21-22(12-23(25(27)30)29-24(20)21)17-4-7-19(31-2)8-5-17/h3-10,12,14-15,24H,11,13H2,1-2H3,(H2,27,30). The topological polar surface area (TPSA) is 77.6 Å². The van der Waals surface area contributed by atoms with Crippen LogP contribution in [-0.4, -0.2) is 29.8 Å². The summed E-state index contributed by atoms with van der Waals surface area (Å²) in [5, 5.41) is 0. The number of amides is 1. The number of halogens is 1. The predicted molar refractivity (Wildman–Crippen MR) is 119 cm³/mol. The van der Waals surface area contributed by atoms with Gasteiger partial charge in [-0.05, 0) is 64.5 Å². The number of fused-ring (bicyclic) bond motifs is 1. The van der Waals surface area contributed by atoms with Crippen LogP contribution in [0.5, 0.6) is 5.75 Å². The molecule has 5 nitrogen and oxygen atoms in total. The summed E-state index contributed by atoms with van der Waals surface area (Å²) in [5.41, 5.74) is 11.4. The van der Waals surface area contributed by atoms with Crippen LogP contribution < -0.4 is 10.5 Å². The van der Waals surface area contributed by atoms with Gasteiger partial charge in [0.15, 0.2) is 0 Å². The summed E-state index contributed by atoms with van der Waals surface area (Å²) >= 11 is 0. The van der Waals surface area contributed by atoms with Gasteiger partial charge in [0.1, 0.15) is 18.1 Å². The molecular weight excluding hydrogens is 393 g/mol. The van der Waals surface area contributed by atoms with Crippen molar-refractivity contribution in [2.24, 2.45) is 16.6 Å². The maximum Gasteiger partial charge on any atom is 0.266 e. The van der Waals surface area contributed by atoms with Crippen LogP contribution in [0, 0.1) is 5.92 Å². The second-order valence-corrected chi connectivity index (χ2v) is 7.75. The quantitative estimate of drug-likeness (QED) is 0.740. The molecule has 2 atom stereocenters. The summed E-state index contributed by atoms with van der Waals surface area (Å²) in [4.78, 5) is 20.8. The van der Waals surface area contributed by atoms with Crippen LogP contribution in [0.25, 0.3) is 5.57 Å². The number of carbonyl (C=O) groups excluding carboxylic acids is 1. The lowest BCUT2D eigenvalue weighted by Crippen LogP contribution is -2.29. The fraction of sp³-hybridized carbons (Fsp3) is 0.240. The van der Waals surface area contributed by atoms with Gasteiger partial charge >= 0.3 is 0 Å². The summed E-state index contributed by atoms with van der Waals surface area (Å²) in [6.07, 6.45) is 8.37. The summed E-state index contributed by atoms with van der Waals surface area (Å²) in [5.74, 6) is 0.376. The number of rotatable bonds is 7. The van der Waals surface area contributed by atoms with Gasteiger partial charge in [-0.3, -0.25) is 14.8 Å². The molecule has 1 amide bonds. The van der Waals surface area contributed by atoms with Gasteiger partial charge in [-0.1, -0.05) is 37.3 Å². The number of carbonyl (C=O) groups is 1. The van der Waals surface area contributed by atoms with E-state index in [1.54, 1.807) is 25.4 Å². The van der Waals surface area contributed by atoms with Gasteiger partial charge in [0, 0.05) is 6.20 Å². The first kappa shape index (κ1) is 20.7. The number of ether oxygens (including phenoxy) is 1. The van der Waals surface area contributed by atoms with E-state index in [-0.39, 0.29) is 17.7 Å². The minimum Gasteiger partial charge on any atom is -0.497 e. The van der Waals surface area contributed by atoms with Gasteiger partial charge in [-0.25, -0.2) is 4.39 Å². The van der Waals surface area contributed by atoms with Crippen molar-refractivity contribution in [1.29, 1.82) is 0 Å². The number of primary amides is 1. The maximum atomic E-state index is 12.7. The molecule has 1 aliphatic carbocycles. The van der Waals surface area contributed by atoms with Gasteiger partial charge < -0.3 is 10.5 Å². The predicted octanol–water partition coefficient (Wildman–Crippen LogP) is 4.00. The van der Waals surface area contributed by atoms with E-state index in [4.69, 9.17) is 10.5 Å². The Morgan fingerprint density at radius 2 is 1.97 bits per heavy atom. The van der Waals surface area contributed by atoms with Crippen molar-refractivity contribution in [3.05, 3.63) is 88.8 Å². The average molecular weight is 417 g/mol. The lowest BCUT2D eigenvalue weighted by atomic mass is 9.84. The molecule has 0 fully saturated rings. The van der Waals surface area contributed by atoms with Crippen LogP contribution in [0.2, 0.25) is 0 Å². The van der Waals surface area contributed by atoms with E-state index in [0.29, 0.717) is 5.69 Å². The molecule has 0 saturated carbocycles. The van der Waals surface area contributed by atoms with Gasteiger partial charge in [-0.2, -0.15) is 0 Å².